The molecule has 0 bridgehead atoms. The summed E-state index contributed by atoms with van der Waals surface area (Å²) in [6.45, 7) is 5.35. The Morgan fingerprint density at radius 3 is 2.05 bits per heavy atom. The van der Waals surface area contributed by atoms with Crippen molar-refractivity contribution in [2.75, 3.05) is 13.2 Å². The number of ether oxygens (including phenoxy) is 2. The molecule has 0 saturated carbocycles. The number of fused-ring (bicyclic) bond motifs is 2. The lowest BCUT2D eigenvalue weighted by Gasteiger charge is -2.03. The van der Waals surface area contributed by atoms with Crippen molar-refractivity contribution in [3.8, 4) is 45.4 Å². The Kier molecular flexibility index (Phi) is 7.17. The van der Waals surface area contributed by atoms with Crippen LogP contribution in [0.1, 0.15) is 13.8 Å². The second kappa shape index (κ2) is 11.0. The van der Waals surface area contributed by atoms with Gasteiger partial charge >= 0.3 is 0 Å². The van der Waals surface area contributed by atoms with E-state index in [2.05, 4.69) is 51.4 Å². The van der Waals surface area contributed by atoms with Crippen LogP contribution in [0.25, 0.3) is 44.9 Å². The van der Waals surface area contributed by atoms with Crippen LogP contribution in [-0.4, -0.2) is 32.7 Å². The van der Waals surface area contributed by atoms with Crippen LogP contribution in [0.2, 0.25) is 0 Å². The highest BCUT2D eigenvalue weighted by atomic mass is 16.5. The maximum atomic E-state index is 5.45. The van der Waals surface area contributed by atoms with E-state index in [1.54, 1.807) is 6.20 Å². The molecule has 0 spiro atoms. The van der Waals surface area contributed by atoms with Gasteiger partial charge in [-0.3, -0.25) is 0 Å². The first-order valence-corrected chi connectivity index (χ1v) is 12.5. The Morgan fingerprint density at radius 1 is 0.757 bits per heavy atom. The first kappa shape index (κ1) is 24.1. The highest BCUT2D eigenvalue weighted by molar-refractivity contribution is 5.82. The molecule has 0 radical (unpaired) electrons. The smallest absolute Gasteiger partial charge is 0.140 e. The molecular formula is C31H30N4O2. The highest BCUT2D eigenvalue weighted by Gasteiger charge is 2.11. The van der Waals surface area contributed by atoms with E-state index >= 15 is 0 Å². The monoisotopic (exact) mass is 490 g/mol. The summed E-state index contributed by atoms with van der Waals surface area (Å²) in [5.74, 6) is 2.80. The Bertz CT molecular complexity index is 1520. The molecule has 6 heteroatoms. The summed E-state index contributed by atoms with van der Waals surface area (Å²) in [7, 11) is 2.01. The molecule has 2 aromatic carbocycles. The standard InChI is InChI=1S/C16H16N2O.C15H14N2O/c1-3-19-14-8-6-12(7-9-14)15-11-13-5-4-10-18(2)16(13)17-15;1-2-18-13-7-5-11(6-8-13)14-10-12-4-3-9-16-15(12)17-14/h4-11H,3H2,1-2H3;3-10H,2H2,1H3,(H,16,17). The van der Waals surface area contributed by atoms with Crippen LogP contribution in [-0.2, 0) is 7.05 Å². The Labute approximate surface area is 216 Å². The lowest BCUT2D eigenvalue weighted by Crippen LogP contribution is -1.95. The molecule has 4 heterocycles. The van der Waals surface area contributed by atoms with Gasteiger partial charge in [0.1, 0.15) is 23.0 Å². The molecule has 0 fully saturated rings. The molecule has 0 aliphatic carbocycles. The second-order valence-electron chi connectivity index (χ2n) is 8.58. The lowest BCUT2D eigenvalue weighted by atomic mass is 10.1. The molecule has 0 amide bonds. The van der Waals surface area contributed by atoms with Crippen molar-refractivity contribution in [1.82, 2.24) is 19.5 Å². The maximum Gasteiger partial charge on any atom is 0.140 e. The SMILES string of the molecule is CCOc1ccc(-c2cc3cccn(C)c-3n2)cc1.CCOc1ccc(-c2cc3cccnc3[nH]2)cc1. The van der Waals surface area contributed by atoms with E-state index < -0.39 is 0 Å². The summed E-state index contributed by atoms with van der Waals surface area (Å²) in [6, 6.07) is 28.5. The van der Waals surface area contributed by atoms with Gasteiger partial charge in [0, 0.05) is 41.6 Å². The van der Waals surface area contributed by atoms with Gasteiger partial charge in [-0.25, -0.2) is 9.97 Å². The van der Waals surface area contributed by atoms with Crippen LogP contribution in [0.5, 0.6) is 11.5 Å². The average molecular weight is 491 g/mol. The third kappa shape index (κ3) is 5.48. The van der Waals surface area contributed by atoms with E-state index in [1.807, 2.05) is 80.2 Å². The molecule has 2 aliphatic heterocycles. The first-order chi connectivity index (χ1) is 18.1. The van der Waals surface area contributed by atoms with Gasteiger partial charge in [0.15, 0.2) is 0 Å². The van der Waals surface area contributed by atoms with Crippen LogP contribution in [0.15, 0.2) is 97.3 Å². The average Bonchev–Trinajstić information content (AvgIpc) is 3.56. The molecule has 6 nitrogen and oxygen atoms in total. The van der Waals surface area contributed by atoms with E-state index in [-0.39, 0.29) is 0 Å². The largest absolute Gasteiger partial charge is 0.494 e. The van der Waals surface area contributed by atoms with Crippen molar-refractivity contribution < 1.29 is 9.47 Å². The maximum absolute atomic E-state index is 5.45. The van der Waals surface area contributed by atoms with Crippen molar-refractivity contribution in [3.63, 3.8) is 0 Å². The van der Waals surface area contributed by atoms with Gasteiger partial charge in [0.05, 0.1) is 18.9 Å². The summed E-state index contributed by atoms with van der Waals surface area (Å²) in [4.78, 5) is 12.3. The summed E-state index contributed by atoms with van der Waals surface area (Å²) in [5, 5.41) is 1.13. The Balaban J connectivity index is 0.000000152. The van der Waals surface area contributed by atoms with Crippen LogP contribution < -0.4 is 9.47 Å². The number of hydrogen-bond acceptors (Lipinski definition) is 4. The van der Waals surface area contributed by atoms with Gasteiger partial charge in [0.25, 0.3) is 0 Å². The molecule has 186 valence electrons. The van der Waals surface area contributed by atoms with Crippen molar-refractivity contribution in [1.29, 1.82) is 0 Å². The summed E-state index contributed by atoms with van der Waals surface area (Å²) < 4.78 is 12.9. The number of rotatable bonds is 6. The molecule has 6 rings (SSSR count). The van der Waals surface area contributed by atoms with E-state index in [0.717, 1.165) is 56.4 Å². The zero-order valence-electron chi connectivity index (χ0n) is 21.3. The fourth-order valence-electron chi connectivity index (χ4n) is 4.22. The topological polar surface area (TPSA) is 65.0 Å². The number of hydrogen-bond donors (Lipinski definition) is 1. The van der Waals surface area contributed by atoms with Gasteiger partial charge in [-0.2, -0.15) is 0 Å². The Morgan fingerprint density at radius 2 is 1.43 bits per heavy atom. The van der Waals surface area contributed by atoms with Crippen molar-refractivity contribution in [2.45, 2.75) is 13.8 Å². The number of aryl methyl sites for hydroxylation is 1. The van der Waals surface area contributed by atoms with E-state index in [4.69, 9.17) is 9.47 Å². The summed E-state index contributed by atoms with van der Waals surface area (Å²) in [5.41, 5.74) is 6.40. The van der Waals surface area contributed by atoms with E-state index in [1.165, 1.54) is 0 Å². The zero-order chi connectivity index (χ0) is 25.6. The minimum Gasteiger partial charge on any atom is -0.494 e. The molecule has 2 aliphatic rings. The van der Waals surface area contributed by atoms with Gasteiger partial charge < -0.3 is 19.0 Å². The van der Waals surface area contributed by atoms with Gasteiger partial charge in [0.2, 0.25) is 0 Å². The first-order valence-electron chi connectivity index (χ1n) is 12.5. The number of H-pyrrole nitrogens is 1. The Hall–Kier alpha value is -4.58. The minimum absolute atomic E-state index is 0.688. The molecule has 0 unspecified atom stereocenters. The molecule has 37 heavy (non-hydrogen) atoms. The number of aromatic amines is 1. The van der Waals surface area contributed by atoms with Gasteiger partial charge in [-0.05, 0) is 104 Å². The van der Waals surface area contributed by atoms with E-state index in [9.17, 15) is 0 Å². The van der Waals surface area contributed by atoms with Crippen molar-refractivity contribution in [3.05, 3.63) is 97.3 Å². The van der Waals surface area contributed by atoms with Crippen molar-refractivity contribution in [2.24, 2.45) is 7.05 Å². The number of benzene rings is 2. The number of nitrogens with one attached hydrogen (secondary N) is 1. The van der Waals surface area contributed by atoms with Crippen LogP contribution in [0.4, 0.5) is 0 Å². The molecule has 0 saturated heterocycles. The predicted molar refractivity (Wildman–Crippen MR) is 149 cm³/mol. The van der Waals surface area contributed by atoms with E-state index in [0.29, 0.717) is 13.2 Å². The number of nitrogens with zero attached hydrogens (tertiary/aromatic N) is 3. The van der Waals surface area contributed by atoms with Crippen LogP contribution in [0, 0.1) is 0 Å². The minimum atomic E-state index is 0.688. The van der Waals surface area contributed by atoms with Crippen molar-refractivity contribution >= 4 is 11.0 Å². The molecule has 0 atom stereocenters. The highest BCUT2D eigenvalue weighted by Crippen LogP contribution is 2.29. The lowest BCUT2D eigenvalue weighted by molar-refractivity contribution is 0.340. The third-order valence-electron chi connectivity index (χ3n) is 6.03. The molecular weight excluding hydrogens is 460 g/mol. The fraction of sp³-hybridized carbons (Fsp3) is 0.161. The summed E-state index contributed by atoms with van der Waals surface area (Å²) >= 11 is 0. The van der Waals surface area contributed by atoms with Crippen LogP contribution >= 0.6 is 0 Å². The molecule has 2 aromatic heterocycles. The second-order valence-corrected chi connectivity index (χ2v) is 8.58. The normalized spacial score (nSPS) is 10.8. The number of pyridine rings is 2. The molecule has 1 N–H and O–H groups in total. The fourth-order valence-corrected chi connectivity index (χ4v) is 4.22. The number of aromatic nitrogens is 4. The predicted octanol–water partition coefficient (Wildman–Crippen LogP) is 7.22. The molecule has 4 aromatic rings. The van der Waals surface area contributed by atoms with Gasteiger partial charge in [-0.15, -0.1) is 0 Å². The van der Waals surface area contributed by atoms with Gasteiger partial charge in [-0.1, -0.05) is 0 Å². The zero-order valence-corrected chi connectivity index (χ0v) is 21.3. The third-order valence-corrected chi connectivity index (χ3v) is 6.03. The summed E-state index contributed by atoms with van der Waals surface area (Å²) in [6.07, 6.45) is 3.80. The van der Waals surface area contributed by atoms with Crippen LogP contribution in [0.3, 0.4) is 0 Å². The quantitative estimate of drug-likeness (QED) is 0.268.